The van der Waals surface area contributed by atoms with E-state index in [9.17, 15) is 5.48 Å². The van der Waals surface area contributed by atoms with E-state index in [-0.39, 0.29) is 56.8 Å². The number of benzene rings is 7. The van der Waals surface area contributed by atoms with Gasteiger partial charge in [-0.1, -0.05) is 127 Å². The monoisotopic (exact) mass is 505 g/mol. The molecule has 0 amide bonds. The molecule has 0 spiro atoms. The van der Waals surface area contributed by atoms with Crippen LogP contribution in [0.4, 0.5) is 0 Å². The van der Waals surface area contributed by atoms with Gasteiger partial charge in [-0.05, 0) is 73.1 Å². The molecule has 1 heteroatoms. The number of hydrogen-bond donors (Lipinski definition) is 0. The average Bonchev–Trinajstić information content (AvgIpc) is 3.49. The van der Waals surface area contributed by atoms with Gasteiger partial charge in [-0.3, -0.25) is 0 Å². The van der Waals surface area contributed by atoms with Crippen molar-refractivity contribution in [3.05, 3.63) is 145 Å². The van der Waals surface area contributed by atoms with Gasteiger partial charge in [0.1, 0.15) is 11.2 Å². The molecular weight excluding hydrogens is 472 g/mol. The van der Waals surface area contributed by atoms with Gasteiger partial charge in [0.25, 0.3) is 0 Å². The van der Waals surface area contributed by atoms with Crippen molar-refractivity contribution >= 4 is 43.5 Å². The first kappa shape index (κ1) is 14.7. The third-order valence-electron chi connectivity index (χ3n) is 7.25. The lowest BCUT2D eigenvalue weighted by atomic mass is 9.84. The van der Waals surface area contributed by atoms with Crippen molar-refractivity contribution in [2.75, 3.05) is 0 Å². The first-order chi connectivity index (χ1) is 23.1. The molecule has 8 rings (SSSR count). The fraction of sp³-hybridized carbons (Fsp3) is 0. The topological polar surface area (TPSA) is 13.1 Å². The predicted molar refractivity (Wildman–Crippen MR) is 165 cm³/mol. The Morgan fingerprint density at radius 2 is 1.03 bits per heavy atom. The molecule has 1 aromatic heterocycles. The second-order valence-electron chi connectivity index (χ2n) is 9.40. The highest BCUT2D eigenvalue weighted by molar-refractivity contribution is 6.25. The van der Waals surface area contributed by atoms with E-state index in [4.69, 9.17) is 11.3 Å². The van der Waals surface area contributed by atoms with Gasteiger partial charge in [0, 0.05) is 10.8 Å². The molecule has 8 aromatic rings. The predicted octanol–water partition coefficient (Wildman–Crippen LogP) is 10.9. The van der Waals surface area contributed by atoms with E-state index in [0.29, 0.717) is 33.7 Å². The Morgan fingerprint density at radius 3 is 1.77 bits per heavy atom. The Morgan fingerprint density at radius 1 is 0.436 bits per heavy atom. The zero-order valence-corrected chi connectivity index (χ0v) is 20.6. The molecule has 0 N–H and O–H groups in total. The van der Waals surface area contributed by atoms with Gasteiger partial charge >= 0.3 is 0 Å². The molecule has 0 saturated heterocycles. The number of hydrogen-bond acceptors (Lipinski definition) is 1. The van der Waals surface area contributed by atoms with Crippen LogP contribution in [0.25, 0.3) is 76.9 Å². The van der Waals surface area contributed by atoms with Crippen molar-refractivity contribution in [2.24, 2.45) is 0 Å². The molecule has 0 bridgehead atoms. The number of para-hydroxylation sites is 1. The Hall–Kier alpha value is -5.14. The van der Waals surface area contributed by atoms with Crippen LogP contribution in [-0.2, 0) is 0 Å². The molecular formula is C38H24O. The molecule has 0 fully saturated rings. The summed E-state index contributed by atoms with van der Waals surface area (Å²) in [7, 11) is 0. The van der Waals surface area contributed by atoms with Crippen LogP contribution in [0.1, 0.15) is 12.3 Å². The third-order valence-corrected chi connectivity index (χ3v) is 7.25. The smallest absolute Gasteiger partial charge is 0.136 e. The third kappa shape index (κ3) is 3.41. The van der Waals surface area contributed by atoms with Crippen molar-refractivity contribution in [1.29, 1.82) is 0 Å². The van der Waals surface area contributed by atoms with Crippen LogP contribution < -0.4 is 0 Å². The van der Waals surface area contributed by atoms with Crippen LogP contribution in [-0.4, -0.2) is 0 Å². The second kappa shape index (κ2) is 8.72. The number of furan rings is 1. The lowest BCUT2D eigenvalue weighted by molar-refractivity contribution is 0.669. The zero-order valence-electron chi connectivity index (χ0n) is 29.6. The van der Waals surface area contributed by atoms with E-state index in [2.05, 4.69) is 0 Å². The summed E-state index contributed by atoms with van der Waals surface area (Å²) in [6.45, 7) is 0. The molecule has 39 heavy (non-hydrogen) atoms. The maximum Gasteiger partial charge on any atom is 0.136 e. The molecule has 0 radical (unpaired) electrons. The summed E-state index contributed by atoms with van der Waals surface area (Å²) in [5, 5.41) is 2.03. The molecule has 0 aliphatic heterocycles. The standard InChI is InChI=1S/C38H24O/c1-2-12-25(13-3-1)26-14-10-15-27(24-26)36-28-16-4-6-18-30(28)37(31-19-7-5-17-29(31)36)33-21-11-23-35-38(33)32-20-8-9-22-34(32)39-35/h1-24H/i1D,4D,5D,6D,7D,16D,17D,18D,19D. The van der Waals surface area contributed by atoms with E-state index >= 15 is 0 Å². The minimum Gasteiger partial charge on any atom is -0.456 e. The van der Waals surface area contributed by atoms with Gasteiger partial charge in [-0.15, -0.1) is 0 Å². The second-order valence-corrected chi connectivity index (χ2v) is 9.40. The Labute approximate surface area is 239 Å². The molecule has 0 atom stereocenters. The average molecular weight is 506 g/mol. The first-order valence-electron chi connectivity index (χ1n) is 17.1. The number of rotatable bonds is 3. The van der Waals surface area contributed by atoms with Gasteiger partial charge in [-0.25, -0.2) is 0 Å². The summed E-state index contributed by atoms with van der Waals surface area (Å²) in [5.74, 6) is 0. The van der Waals surface area contributed by atoms with Gasteiger partial charge in [0.05, 0.1) is 12.3 Å². The van der Waals surface area contributed by atoms with Gasteiger partial charge < -0.3 is 4.42 Å². The van der Waals surface area contributed by atoms with Crippen molar-refractivity contribution in [1.82, 2.24) is 0 Å². The largest absolute Gasteiger partial charge is 0.456 e. The summed E-state index contributed by atoms with van der Waals surface area (Å²) in [6, 6.07) is 24.4. The van der Waals surface area contributed by atoms with Crippen molar-refractivity contribution in [3.8, 4) is 33.4 Å². The van der Waals surface area contributed by atoms with E-state index in [0.717, 1.165) is 16.5 Å². The molecule has 1 nitrogen and oxygen atoms in total. The highest BCUT2D eigenvalue weighted by Crippen LogP contribution is 2.47. The first-order valence-corrected chi connectivity index (χ1v) is 12.6. The van der Waals surface area contributed by atoms with Gasteiger partial charge in [-0.2, -0.15) is 0 Å². The van der Waals surface area contributed by atoms with E-state index in [1.807, 2.05) is 48.5 Å². The zero-order chi connectivity index (χ0) is 33.6. The minimum atomic E-state index is -0.451. The summed E-state index contributed by atoms with van der Waals surface area (Å²) in [5.41, 5.74) is 4.35. The molecule has 7 aromatic carbocycles. The Bertz CT molecular complexity index is 2580. The van der Waals surface area contributed by atoms with Crippen molar-refractivity contribution < 1.29 is 16.8 Å². The lowest BCUT2D eigenvalue weighted by Gasteiger charge is -2.18. The summed E-state index contributed by atoms with van der Waals surface area (Å²) >= 11 is 0. The van der Waals surface area contributed by atoms with Gasteiger partial charge in [0.2, 0.25) is 0 Å². The minimum absolute atomic E-state index is 0.148. The van der Waals surface area contributed by atoms with Crippen LogP contribution >= 0.6 is 0 Å². The van der Waals surface area contributed by atoms with E-state index < -0.39 is 24.2 Å². The van der Waals surface area contributed by atoms with E-state index in [1.54, 1.807) is 42.5 Å². The highest BCUT2D eigenvalue weighted by Gasteiger charge is 2.20. The SMILES string of the molecule is [2H]c1ccc(-c2cccc(-c3c4c([2H])c([2H])c([2H])c([2H])c4c(-c4cccc5oc6ccccc6c45)c4c([2H])c([2H])c([2H])c([2H])c34)c2)cc1. The quantitative estimate of drug-likeness (QED) is 0.218. The molecule has 0 aliphatic rings. The van der Waals surface area contributed by atoms with E-state index in [1.165, 1.54) is 0 Å². The van der Waals surface area contributed by atoms with Crippen molar-refractivity contribution in [2.45, 2.75) is 0 Å². The fourth-order valence-electron chi connectivity index (χ4n) is 5.60. The summed E-state index contributed by atoms with van der Waals surface area (Å²) in [6.07, 6.45) is 0. The summed E-state index contributed by atoms with van der Waals surface area (Å²) in [4.78, 5) is 0. The lowest BCUT2D eigenvalue weighted by Crippen LogP contribution is -1.91. The normalized spacial score (nSPS) is 14.8. The number of fused-ring (bicyclic) bond motifs is 5. The van der Waals surface area contributed by atoms with Crippen LogP contribution in [0, 0.1) is 0 Å². The molecule has 0 unspecified atom stereocenters. The van der Waals surface area contributed by atoms with Crippen LogP contribution in [0.2, 0.25) is 0 Å². The van der Waals surface area contributed by atoms with Crippen LogP contribution in [0.3, 0.4) is 0 Å². The van der Waals surface area contributed by atoms with Crippen LogP contribution in [0.15, 0.2) is 150 Å². The van der Waals surface area contributed by atoms with Crippen molar-refractivity contribution in [3.63, 3.8) is 0 Å². The fourth-order valence-corrected chi connectivity index (χ4v) is 5.60. The Kier molecular flexibility index (Phi) is 3.29. The van der Waals surface area contributed by atoms with Gasteiger partial charge in [0.15, 0.2) is 0 Å². The van der Waals surface area contributed by atoms with Crippen LogP contribution in [0.5, 0.6) is 0 Å². The molecule has 182 valence electrons. The molecule has 0 saturated carbocycles. The highest BCUT2D eigenvalue weighted by atomic mass is 16.3. The summed E-state index contributed by atoms with van der Waals surface area (Å²) < 4.78 is 86.0. The maximum absolute atomic E-state index is 9.28. The molecule has 1 heterocycles. The Balaban J connectivity index is 1.65. The maximum atomic E-state index is 9.28. The molecule has 0 aliphatic carbocycles.